The number of thiophene rings is 1. The van der Waals surface area contributed by atoms with Gasteiger partial charge in [-0.1, -0.05) is 24.3 Å². The molecule has 0 spiro atoms. The number of para-hydroxylation sites is 1. The van der Waals surface area contributed by atoms with Crippen LogP contribution in [0.15, 0.2) is 53.2 Å². The van der Waals surface area contributed by atoms with E-state index in [4.69, 9.17) is 4.98 Å². The highest BCUT2D eigenvalue weighted by molar-refractivity contribution is 7.18. The third-order valence-electron chi connectivity index (χ3n) is 4.75. The van der Waals surface area contributed by atoms with Gasteiger partial charge in [-0.05, 0) is 47.4 Å². The number of fused-ring (bicyclic) bond motifs is 1. The van der Waals surface area contributed by atoms with Crippen molar-refractivity contribution in [1.29, 1.82) is 0 Å². The highest BCUT2D eigenvalue weighted by Crippen LogP contribution is 2.39. The van der Waals surface area contributed by atoms with Gasteiger partial charge >= 0.3 is 0 Å². The van der Waals surface area contributed by atoms with E-state index >= 15 is 0 Å². The molecule has 2 unspecified atom stereocenters. The van der Waals surface area contributed by atoms with E-state index in [1.165, 1.54) is 10.3 Å². The van der Waals surface area contributed by atoms with E-state index in [9.17, 15) is 4.79 Å². The summed E-state index contributed by atoms with van der Waals surface area (Å²) in [6.07, 6.45) is 6.03. The van der Waals surface area contributed by atoms with Crippen LogP contribution in [0.25, 0.3) is 10.2 Å². The molecule has 2 atom stereocenters. The number of hydrogen-bond acceptors (Lipinski definition) is 4. The van der Waals surface area contributed by atoms with Crippen LogP contribution in [0.1, 0.15) is 29.3 Å². The number of hydrogen-bond donors (Lipinski definition) is 0. The maximum Gasteiger partial charge on any atom is 0.226 e. The molecule has 0 bridgehead atoms. The second kappa shape index (κ2) is 7.10. The van der Waals surface area contributed by atoms with E-state index in [0.29, 0.717) is 6.54 Å². The average Bonchev–Trinajstić information content (AvgIpc) is 3.30. The summed E-state index contributed by atoms with van der Waals surface area (Å²) < 4.78 is 1.20. The summed E-state index contributed by atoms with van der Waals surface area (Å²) in [4.78, 5) is 19.8. The predicted molar refractivity (Wildman–Crippen MR) is 105 cm³/mol. The predicted octanol–water partition coefficient (Wildman–Crippen LogP) is 5.07. The fraction of sp³-hybridized carbons (Fsp3) is 0.300. The molecule has 2 heterocycles. The zero-order valence-electron chi connectivity index (χ0n) is 14.1. The Balaban J connectivity index is 1.58. The van der Waals surface area contributed by atoms with Gasteiger partial charge in [-0.15, -0.1) is 11.3 Å². The van der Waals surface area contributed by atoms with Crippen LogP contribution >= 0.6 is 22.7 Å². The lowest BCUT2D eigenvalue weighted by Gasteiger charge is -2.30. The summed E-state index contributed by atoms with van der Waals surface area (Å²) in [5.41, 5.74) is 2.23. The highest BCUT2D eigenvalue weighted by atomic mass is 32.1. The van der Waals surface area contributed by atoms with Crippen LogP contribution in [0.4, 0.5) is 0 Å². The first-order chi connectivity index (χ1) is 12.2. The molecular weight excluding hydrogens is 348 g/mol. The lowest BCUT2D eigenvalue weighted by atomic mass is 9.82. The standard InChI is InChI=1S/C20H20N2OS2/c1-22(12-14-10-11-24-13-14)20(23)16-7-3-2-6-15(16)19-21-17-8-4-5-9-18(17)25-19/h2-5,8-11,13,15-16H,6-7,12H2,1H3. The van der Waals surface area contributed by atoms with Gasteiger partial charge in [0.15, 0.2) is 0 Å². The molecule has 1 aromatic carbocycles. The summed E-state index contributed by atoms with van der Waals surface area (Å²) in [5.74, 6) is 0.383. The lowest BCUT2D eigenvalue weighted by Crippen LogP contribution is -2.36. The van der Waals surface area contributed by atoms with Gasteiger partial charge in [0.1, 0.15) is 0 Å². The quantitative estimate of drug-likeness (QED) is 0.603. The number of thiazole rings is 1. The van der Waals surface area contributed by atoms with Crippen LogP contribution in [-0.2, 0) is 11.3 Å². The number of benzene rings is 1. The van der Waals surface area contributed by atoms with Crippen molar-refractivity contribution < 1.29 is 4.79 Å². The molecule has 0 saturated carbocycles. The number of rotatable bonds is 4. The Bertz CT molecular complexity index is 864. The van der Waals surface area contributed by atoms with E-state index in [0.717, 1.165) is 23.4 Å². The van der Waals surface area contributed by atoms with Gasteiger partial charge < -0.3 is 4.90 Å². The molecule has 3 aromatic rings. The van der Waals surface area contributed by atoms with Crippen LogP contribution in [0.2, 0.25) is 0 Å². The minimum Gasteiger partial charge on any atom is -0.341 e. The Morgan fingerprint density at radius 2 is 2.08 bits per heavy atom. The van der Waals surface area contributed by atoms with Gasteiger partial charge in [0.25, 0.3) is 0 Å². The van der Waals surface area contributed by atoms with Crippen LogP contribution in [0.3, 0.4) is 0 Å². The highest BCUT2D eigenvalue weighted by Gasteiger charge is 2.33. The minimum atomic E-state index is -0.0193. The molecule has 0 radical (unpaired) electrons. The number of nitrogens with zero attached hydrogens (tertiary/aromatic N) is 2. The van der Waals surface area contributed by atoms with Gasteiger partial charge in [0.2, 0.25) is 5.91 Å². The van der Waals surface area contributed by atoms with E-state index < -0.39 is 0 Å². The lowest BCUT2D eigenvalue weighted by molar-refractivity contribution is -0.135. The molecule has 1 aliphatic carbocycles. The minimum absolute atomic E-state index is 0.0193. The summed E-state index contributed by atoms with van der Waals surface area (Å²) in [6.45, 7) is 0.676. The van der Waals surface area contributed by atoms with E-state index in [-0.39, 0.29) is 17.7 Å². The summed E-state index contributed by atoms with van der Waals surface area (Å²) in [7, 11) is 1.91. The van der Waals surface area contributed by atoms with Crippen molar-refractivity contribution in [3.05, 3.63) is 63.8 Å². The molecule has 0 aliphatic heterocycles. The molecule has 1 aliphatic rings. The fourth-order valence-corrected chi connectivity index (χ4v) is 5.23. The Morgan fingerprint density at radius 1 is 1.24 bits per heavy atom. The topological polar surface area (TPSA) is 33.2 Å². The van der Waals surface area contributed by atoms with Crippen LogP contribution in [0, 0.1) is 5.92 Å². The Kier molecular flexibility index (Phi) is 4.68. The Morgan fingerprint density at radius 3 is 2.88 bits per heavy atom. The number of aromatic nitrogens is 1. The third-order valence-corrected chi connectivity index (χ3v) is 6.65. The zero-order chi connectivity index (χ0) is 17.2. The molecule has 0 saturated heterocycles. The summed E-state index contributed by atoms with van der Waals surface area (Å²) >= 11 is 3.40. The first-order valence-electron chi connectivity index (χ1n) is 8.49. The number of carbonyl (C=O) groups excluding carboxylic acids is 1. The first-order valence-corrected chi connectivity index (χ1v) is 10.2. The second-order valence-electron chi connectivity index (χ2n) is 6.50. The van der Waals surface area contributed by atoms with Crippen molar-refractivity contribution in [1.82, 2.24) is 9.88 Å². The Hall–Kier alpha value is -1.98. The van der Waals surface area contributed by atoms with Crippen molar-refractivity contribution in [2.45, 2.75) is 25.3 Å². The molecule has 4 rings (SSSR count). The second-order valence-corrected chi connectivity index (χ2v) is 8.34. The maximum absolute atomic E-state index is 13.1. The summed E-state index contributed by atoms with van der Waals surface area (Å²) in [6, 6.07) is 10.3. The van der Waals surface area contributed by atoms with Crippen molar-refractivity contribution in [3.8, 4) is 0 Å². The Labute approximate surface area is 155 Å². The van der Waals surface area contributed by atoms with Crippen molar-refractivity contribution in [2.24, 2.45) is 5.92 Å². The van der Waals surface area contributed by atoms with E-state index in [2.05, 4.69) is 35.0 Å². The number of carbonyl (C=O) groups is 1. The average molecular weight is 369 g/mol. The third kappa shape index (κ3) is 3.39. The normalized spacial score (nSPS) is 20.0. The van der Waals surface area contributed by atoms with Crippen LogP contribution in [0.5, 0.6) is 0 Å². The van der Waals surface area contributed by atoms with Crippen LogP contribution < -0.4 is 0 Å². The molecular formula is C20H20N2OS2. The maximum atomic E-state index is 13.1. The molecule has 128 valence electrons. The van der Waals surface area contributed by atoms with Gasteiger partial charge in [-0.25, -0.2) is 4.98 Å². The summed E-state index contributed by atoms with van der Waals surface area (Å²) in [5, 5.41) is 5.25. The molecule has 3 nitrogen and oxygen atoms in total. The van der Waals surface area contributed by atoms with E-state index in [1.807, 2.05) is 30.1 Å². The number of allylic oxidation sites excluding steroid dienone is 2. The monoisotopic (exact) mass is 368 g/mol. The van der Waals surface area contributed by atoms with Gasteiger partial charge in [-0.3, -0.25) is 4.79 Å². The van der Waals surface area contributed by atoms with Gasteiger partial charge in [0.05, 0.1) is 21.1 Å². The fourth-order valence-electron chi connectivity index (χ4n) is 3.43. The van der Waals surface area contributed by atoms with Gasteiger partial charge in [0, 0.05) is 19.5 Å². The molecule has 1 amide bonds. The van der Waals surface area contributed by atoms with Crippen LogP contribution in [-0.4, -0.2) is 22.8 Å². The van der Waals surface area contributed by atoms with Crippen molar-refractivity contribution in [3.63, 3.8) is 0 Å². The number of amides is 1. The molecule has 5 heteroatoms. The largest absolute Gasteiger partial charge is 0.341 e. The van der Waals surface area contributed by atoms with Crippen molar-refractivity contribution >= 4 is 38.8 Å². The molecule has 25 heavy (non-hydrogen) atoms. The van der Waals surface area contributed by atoms with E-state index in [1.54, 1.807) is 22.7 Å². The SMILES string of the molecule is CN(Cc1ccsc1)C(=O)C1CC=CCC1c1nc2ccccc2s1. The molecule has 0 N–H and O–H groups in total. The first kappa shape index (κ1) is 16.5. The molecule has 0 fully saturated rings. The zero-order valence-corrected chi connectivity index (χ0v) is 15.7. The van der Waals surface area contributed by atoms with Gasteiger partial charge in [-0.2, -0.15) is 11.3 Å². The molecule has 2 aromatic heterocycles. The van der Waals surface area contributed by atoms with Crippen molar-refractivity contribution in [2.75, 3.05) is 7.05 Å². The smallest absolute Gasteiger partial charge is 0.226 e.